The van der Waals surface area contributed by atoms with E-state index in [9.17, 15) is 8.42 Å². The highest BCUT2D eigenvalue weighted by molar-refractivity contribution is 7.89. The number of rotatable bonds is 6. The van der Waals surface area contributed by atoms with Crippen molar-refractivity contribution in [2.24, 2.45) is 0 Å². The van der Waals surface area contributed by atoms with Gasteiger partial charge in [0.05, 0.1) is 18.4 Å². The van der Waals surface area contributed by atoms with Gasteiger partial charge < -0.3 is 10.5 Å². The molecule has 21 heavy (non-hydrogen) atoms. The Hall–Kier alpha value is -1.11. The zero-order valence-corrected chi connectivity index (χ0v) is 13.5. The molecule has 3 N–H and O–H groups in total. The van der Waals surface area contributed by atoms with Gasteiger partial charge in [-0.2, -0.15) is 0 Å². The Balaban J connectivity index is 1.97. The summed E-state index contributed by atoms with van der Waals surface area (Å²) in [6.45, 7) is 4.31. The third-order valence-electron chi connectivity index (χ3n) is 4.03. The first-order valence-electron chi connectivity index (χ1n) is 7.39. The van der Waals surface area contributed by atoms with Crippen molar-refractivity contribution in [2.75, 3.05) is 18.9 Å². The molecule has 1 aromatic carbocycles. The second-order valence-electron chi connectivity index (χ2n) is 5.60. The molecule has 5 nitrogen and oxygen atoms in total. The van der Waals surface area contributed by atoms with Crippen molar-refractivity contribution in [3.8, 4) is 0 Å². The van der Waals surface area contributed by atoms with Gasteiger partial charge in [-0.05, 0) is 43.9 Å². The lowest BCUT2D eigenvalue weighted by molar-refractivity contribution is 0.0626. The number of aryl methyl sites for hydroxylation is 1. The SMILES string of the molecule is Cc1ccc(N)c(S(=O)(=O)NCCOC2CCCC2)c1C. The number of sulfonamides is 1. The molecule has 0 radical (unpaired) electrons. The summed E-state index contributed by atoms with van der Waals surface area (Å²) in [5.41, 5.74) is 7.71. The van der Waals surface area contributed by atoms with Gasteiger partial charge in [-0.25, -0.2) is 13.1 Å². The van der Waals surface area contributed by atoms with Crippen molar-refractivity contribution in [3.63, 3.8) is 0 Å². The zero-order valence-electron chi connectivity index (χ0n) is 12.7. The van der Waals surface area contributed by atoms with Crippen LogP contribution in [0.3, 0.4) is 0 Å². The largest absolute Gasteiger partial charge is 0.398 e. The molecule has 6 heteroatoms. The number of benzene rings is 1. The van der Waals surface area contributed by atoms with Crippen LogP contribution in [0.1, 0.15) is 36.8 Å². The van der Waals surface area contributed by atoms with Gasteiger partial charge in [-0.3, -0.25) is 0 Å². The smallest absolute Gasteiger partial charge is 0.242 e. The van der Waals surface area contributed by atoms with E-state index in [1.165, 1.54) is 12.8 Å². The fourth-order valence-electron chi connectivity index (χ4n) is 2.70. The minimum absolute atomic E-state index is 0.184. The topological polar surface area (TPSA) is 81.4 Å². The van der Waals surface area contributed by atoms with Crippen LogP contribution in [0.4, 0.5) is 5.69 Å². The van der Waals surface area contributed by atoms with Gasteiger partial charge in [-0.15, -0.1) is 0 Å². The Bertz CT molecular complexity index is 593. The Morgan fingerprint density at radius 2 is 1.95 bits per heavy atom. The second-order valence-corrected chi connectivity index (χ2v) is 7.30. The molecule has 1 aliphatic carbocycles. The fraction of sp³-hybridized carbons (Fsp3) is 0.600. The highest BCUT2D eigenvalue weighted by Gasteiger charge is 2.21. The molecule has 0 aromatic heterocycles. The predicted octanol–water partition coefficient (Wildman–Crippen LogP) is 2.12. The summed E-state index contributed by atoms with van der Waals surface area (Å²) in [5, 5.41) is 0. The standard InChI is InChI=1S/C15H24N2O3S/c1-11-7-8-14(16)15(12(11)2)21(18,19)17-9-10-20-13-5-3-4-6-13/h7-8,13,17H,3-6,9-10,16H2,1-2H3. The van der Waals surface area contributed by atoms with Crippen LogP contribution in [-0.4, -0.2) is 27.7 Å². The normalized spacial score (nSPS) is 16.5. The van der Waals surface area contributed by atoms with Gasteiger partial charge in [0.2, 0.25) is 10.0 Å². The summed E-state index contributed by atoms with van der Waals surface area (Å²) in [4.78, 5) is 0.184. The fourth-order valence-corrected chi connectivity index (χ4v) is 4.14. The average Bonchev–Trinajstić information content (AvgIpc) is 2.92. The Morgan fingerprint density at radius 1 is 1.29 bits per heavy atom. The Morgan fingerprint density at radius 3 is 2.62 bits per heavy atom. The van der Waals surface area contributed by atoms with Gasteiger partial charge in [0.25, 0.3) is 0 Å². The maximum absolute atomic E-state index is 12.4. The van der Waals surface area contributed by atoms with E-state index >= 15 is 0 Å². The summed E-state index contributed by atoms with van der Waals surface area (Å²) in [6, 6.07) is 3.46. The molecule has 0 amide bonds. The maximum Gasteiger partial charge on any atom is 0.242 e. The molecule has 0 heterocycles. The lowest BCUT2D eigenvalue weighted by atomic mass is 10.1. The summed E-state index contributed by atoms with van der Waals surface area (Å²) < 4.78 is 33.0. The van der Waals surface area contributed by atoms with Crippen LogP contribution in [0.5, 0.6) is 0 Å². The number of anilines is 1. The maximum atomic E-state index is 12.4. The van der Waals surface area contributed by atoms with Crippen molar-refractivity contribution in [3.05, 3.63) is 23.3 Å². The van der Waals surface area contributed by atoms with E-state index in [0.717, 1.165) is 18.4 Å². The monoisotopic (exact) mass is 312 g/mol. The highest BCUT2D eigenvalue weighted by Crippen LogP contribution is 2.25. The Labute approximate surface area is 126 Å². The van der Waals surface area contributed by atoms with Gasteiger partial charge in [0.1, 0.15) is 4.90 Å². The van der Waals surface area contributed by atoms with Crippen molar-refractivity contribution in [1.29, 1.82) is 0 Å². The molecule has 0 aliphatic heterocycles. The first-order chi connectivity index (χ1) is 9.92. The molecule has 118 valence electrons. The van der Waals surface area contributed by atoms with Crippen molar-refractivity contribution in [2.45, 2.75) is 50.5 Å². The minimum Gasteiger partial charge on any atom is -0.398 e. The van der Waals surface area contributed by atoms with E-state index in [4.69, 9.17) is 10.5 Å². The third kappa shape index (κ3) is 3.96. The molecule has 0 unspecified atom stereocenters. The number of nitrogens with one attached hydrogen (secondary N) is 1. The molecule has 1 aliphatic rings. The molecule has 1 aromatic rings. The molecule has 0 saturated heterocycles. The molecule has 1 saturated carbocycles. The number of hydrogen-bond donors (Lipinski definition) is 2. The summed E-state index contributed by atoms with van der Waals surface area (Å²) >= 11 is 0. The van der Waals surface area contributed by atoms with Crippen LogP contribution in [0, 0.1) is 13.8 Å². The first-order valence-corrected chi connectivity index (χ1v) is 8.87. The molecule has 0 spiro atoms. The van der Waals surface area contributed by atoms with Crippen molar-refractivity contribution in [1.82, 2.24) is 4.72 Å². The van der Waals surface area contributed by atoms with Crippen LogP contribution in [0.25, 0.3) is 0 Å². The van der Waals surface area contributed by atoms with E-state index < -0.39 is 10.0 Å². The zero-order chi connectivity index (χ0) is 15.5. The van der Waals surface area contributed by atoms with Crippen LogP contribution in [-0.2, 0) is 14.8 Å². The molecule has 0 atom stereocenters. The van der Waals surface area contributed by atoms with Gasteiger partial charge in [-0.1, -0.05) is 18.9 Å². The van der Waals surface area contributed by atoms with E-state index in [2.05, 4.69) is 4.72 Å². The molecule has 2 rings (SSSR count). The van der Waals surface area contributed by atoms with E-state index in [0.29, 0.717) is 18.3 Å². The number of hydrogen-bond acceptors (Lipinski definition) is 4. The quantitative estimate of drug-likeness (QED) is 0.623. The van der Waals surface area contributed by atoms with Gasteiger partial charge >= 0.3 is 0 Å². The highest BCUT2D eigenvalue weighted by atomic mass is 32.2. The van der Waals surface area contributed by atoms with Crippen LogP contribution >= 0.6 is 0 Å². The van der Waals surface area contributed by atoms with E-state index in [1.807, 2.05) is 13.0 Å². The molecular weight excluding hydrogens is 288 g/mol. The number of ether oxygens (including phenoxy) is 1. The molecular formula is C15H24N2O3S. The summed E-state index contributed by atoms with van der Waals surface area (Å²) in [6.07, 6.45) is 4.86. The van der Waals surface area contributed by atoms with Gasteiger partial charge in [0, 0.05) is 6.54 Å². The minimum atomic E-state index is -3.59. The van der Waals surface area contributed by atoms with Crippen LogP contribution in [0.2, 0.25) is 0 Å². The summed E-state index contributed by atoms with van der Waals surface area (Å²) in [5.74, 6) is 0. The molecule has 1 fully saturated rings. The van der Waals surface area contributed by atoms with Gasteiger partial charge in [0.15, 0.2) is 0 Å². The predicted molar refractivity (Wildman–Crippen MR) is 83.7 cm³/mol. The van der Waals surface area contributed by atoms with E-state index in [-0.39, 0.29) is 17.1 Å². The lowest BCUT2D eigenvalue weighted by Gasteiger charge is -2.15. The van der Waals surface area contributed by atoms with Crippen molar-refractivity contribution < 1.29 is 13.2 Å². The molecule has 0 bridgehead atoms. The van der Waals surface area contributed by atoms with Crippen molar-refractivity contribution >= 4 is 15.7 Å². The summed E-state index contributed by atoms with van der Waals surface area (Å²) in [7, 11) is -3.59. The van der Waals surface area contributed by atoms with Crippen LogP contribution in [0.15, 0.2) is 17.0 Å². The number of nitrogens with two attached hydrogens (primary N) is 1. The number of nitrogen functional groups attached to an aromatic ring is 1. The first kappa shape index (κ1) is 16.3. The van der Waals surface area contributed by atoms with E-state index in [1.54, 1.807) is 13.0 Å². The lowest BCUT2D eigenvalue weighted by Crippen LogP contribution is -2.29. The van der Waals surface area contributed by atoms with Crippen LogP contribution < -0.4 is 10.5 Å². The average molecular weight is 312 g/mol. The third-order valence-corrected chi connectivity index (χ3v) is 5.69. The second kappa shape index (κ2) is 6.77. The Kier molecular flexibility index (Phi) is 5.24.